The predicted octanol–water partition coefficient (Wildman–Crippen LogP) is 0.208. The quantitative estimate of drug-likeness (QED) is 0.621. The smallest absolute Gasteiger partial charge is 0.246 e. The lowest BCUT2D eigenvalue weighted by Crippen LogP contribution is -2.36. The highest BCUT2D eigenvalue weighted by Gasteiger charge is 2.31. The van der Waals surface area contributed by atoms with Crippen LogP contribution in [0.15, 0.2) is 12.2 Å². The van der Waals surface area contributed by atoms with Crippen LogP contribution in [-0.2, 0) is 14.6 Å². The Balaban J connectivity index is 2.64. The van der Waals surface area contributed by atoms with E-state index in [9.17, 15) is 13.2 Å². The van der Waals surface area contributed by atoms with Crippen LogP contribution >= 0.6 is 0 Å². The summed E-state index contributed by atoms with van der Waals surface area (Å²) in [6, 6.07) is -0.149. The summed E-state index contributed by atoms with van der Waals surface area (Å²) in [5.41, 5.74) is 0. The second-order valence-electron chi connectivity index (χ2n) is 3.51. The lowest BCUT2D eigenvalue weighted by atomic mass is 10.2. The first kappa shape index (κ1) is 11.2. The molecule has 1 saturated heterocycles. The second kappa shape index (κ2) is 4.13. The van der Waals surface area contributed by atoms with Crippen molar-refractivity contribution in [2.45, 2.75) is 19.4 Å². The Morgan fingerprint density at radius 3 is 2.57 bits per heavy atom. The van der Waals surface area contributed by atoms with Gasteiger partial charge in [0.2, 0.25) is 5.91 Å². The molecule has 0 aliphatic carbocycles. The summed E-state index contributed by atoms with van der Waals surface area (Å²) in [5, 5.41) is 0. The van der Waals surface area contributed by atoms with Crippen molar-refractivity contribution < 1.29 is 13.2 Å². The molecule has 5 heteroatoms. The Kier molecular flexibility index (Phi) is 3.31. The first-order valence-corrected chi connectivity index (χ1v) is 6.38. The van der Waals surface area contributed by atoms with Crippen LogP contribution in [0.5, 0.6) is 0 Å². The van der Waals surface area contributed by atoms with Gasteiger partial charge in [0.05, 0.1) is 11.5 Å². The number of sulfone groups is 1. The normalized spacial score (nSPS) is 25.4. The summed E-state index contributed by atoms with van der Waals surface area (Å²) in [5.74, 6) is 0.173. The maximum absolute atomic E-state index is 11.4. The molecule has 1 aliphatic heterocycles. The van der Waals surface area contributed by atoms with Crippen LogP contribution in [-0.4, -0.2) is 43.8 Å². The predicted molar refractivity (Wildman–Crippen MR) is 54.6 cm³/mol. The highest BCUT2D eigenvalue weighted by Crippen LogP contribution is 2.16. The van der Waals surface area contributed by atoms with Crippen molar-refractivity contribution >= 4 is 15.7 Å². The Hall–Kier alpha value is -0.840. The lowest BCUT2D eigenvalue weighted by molar-refractivity contribution is -0.126. The number of likely N-dealkylation sites (N-methyl/N-ethyl adjacent to an activating group) is 1. The molecule has 14 heavy (non-hydrogen) atoms. The van der Waals surface area contributed by atoms with E-state index in [2.05, 4.69) is 0 Å². The third-order valence-corrected chi connectivity index (χ3v) is 4.16. The Labute approximate surface area is 84.5 Å². The van der Waals surface area contributed by atoms with E-state index in [1.165, 1.54) is 11.0 Å². The minimum atomic E-state index is -2.91. The van der Waals surface area contributed by atoms with Crippen LogP contribution in [0, 0.1) is 0 Å². The van der Waals surface area contributed by atoms with E-state index in [0.29, 0.717) is 6.42 Å². The third-order valence-electron chi connectivity index (χ3n) is 2.41. The fourth-order valence-electron chi connectivity index (χ4n) is 1.52. The molecular formula is C9H15NO3S. The van der Waals surface area contributed by atoms with Crippen LogP contribution < -0.4 is 0 Å². The third kappa shape index (κ3) is 2.57. The molecule has 1 aliphatic rings. The lowest BCUT2D eigenvalue weighted by Gasteiger charge is -2.21. The standard InChI is InChI=1S/C9H15NO3S/c1-3-4-9(11)10(2)8-5-6-14(12,13)7-8/h3-4,8H,5-7H2,1-2H3. The highest BCUT2D eigenvalue weighted by atomic mass is 32.2. The van der Waals surface area contributed by atoms with Gasteiger partial charge in [0.15, 0.2) is 9.84 Å². The van der Waals surface area contributed by atoms with Gasteiger partial charge in [-0.3, -0.25) is 4.79 Å². The van der Waals surface area contributed by atoms with Crippen LogP contribution in [0.2, 0.25) is 0 Å². The average molecular weight is 217 g/mol. The molecule has 0 N–H and O–H groups in total. The summed E-state index contributed by atoms with van der Waals surface area (Å²) in [7, 11) is -1.26. The zero-order chi connectivity index (χ0) is 10.8. The van der Waals surface area contributed by atoms with Gasteiger partial charge in [-0.05, 0) is 19.4 Å². The first-order chi connectivity index (χ1) is 6.46. The summed E-state index contributed by atoms with van der Waals surface area (Å²) >= 11 is 0. The number of amides is 1. The molecule has 1 fully saturated rings. The Bertz CT molecular complexity index is 345. The van der Waals surface area contributed by atoms with Gasteiger partial charge < -0.3 is 4.90 Å². The molecule has 0 spiro atoms. The van der Waals surface area contributed by atoms with E-state index in [4.69, 9.17) is 0 Å². The molecule has 1 atom stereocenters. The van der Waals surface area contributed by atoms with Crippen molar-refractivity contribution in [1.82, 2.24) is 4.90 Å². The molecule has 1 rings (SSSR count). The van der Waals surface area contributed by atoms with Gasteiger partial charge in [-0.1, -0.05) is 6.08 Å². The number of carbonyl (C=O) groups excluding carboxylic acids is 1. The largest absolute Gasteiger partial charge is 0.338 e. The fourth-order valence-corrected chi connectivity index (χ4v) is 3.30. The molecule has 1 amide bonds. The second-order valence-corrected chi connectivity index (χ2v) is 5.73. The van der Waals surface area contributed by atoms with Gasteiger partial charge >= 0.3 is 0 Å². The average Bonchev–Trinajstić information content (AvgIpc) is 2.45. The molecular weight excluding hydrogens is 202 g/mol. The number of hydrogen-bond donors (Lipinski definition) is 0. The molecule has 0 aromatic heterocycles. The van der Waals surface area contributed by atoms with Gasteiger partial charge in [0.1, 0.15) is 0 Å². The number of carbonyl (C=O) groups is 1. The molecule has 0 aromatic carbocycles. The monoisotopic (exact) mass is 217 g/mol. The van der Waals surface area contributed by atoms with E-state index in [1.54, 1.807) is 20.0 Å². The van der Waals surface area contributed by atoms with Crippen LogP contribution in [0.4, 0.5) is 0 Å². The number of hydrogen-bond acceptors (Lipinski definition) is 3. The number of allylic oxidation sites excluding steroid dienone is 1. The number of rotatable bonds is 2. The van der Waals surface area contributed by atoms with E-state index < -0.39 is 9.84 Å². The van der Waals surface area contributed by atoms with Crippen molar-refractivity contribution in [3.8, 4) is 0 Å². The highest BCUT2D eigenvalue weighted by molar-refractivity contribution is 7.91. The van der Waals surface area contributed by atoms with E-state index in [0.717, 1.165) is 0 Å². The molecule has 0 saturated carbocycles. The van der Waals surface area contributed by atoms with Crippen LogP contribution in [0.1, 0.15) is 13.3 Å². The molecule has 1 heterocycles. The molecule has 0 bridgehead atoms. The topological polar surface area (TPSA) is 54.5 Å². The minimum absolute atomic E-state index is 0.104. The summed E-state index contributed by atoms with van der Waals surface area (Å²) < 4.78 is 22.3. The van der Waals surface area contributed by atoms with Crippen molar-refractivity contribution in [2.75, 3.05) is 18.6 Å². The number of nitrogens with zero attached hydrogens (tertiary/aromatic N) is 1. The summed E-state index contributed by atoms with van der Waals surface area (Å²) in [6.45, 7) is 1.76. The molecule has 80 valence electrons. The minimum Gasteiger partial charge on any atom is -0.338 e. The molecule has 1 unspecified atom stereocenters. The Morgan fingerprint density at radius 2 is 2.14 bits per heavy atom. The van der Waals surface area contributed by atoms with Crippen LogP contribution in [0.25, 0.3) is 0 Å². The van der Waals surface area contributed by atoms with E-state index >= 15 is 0 Å². The first-order valence-electron chi connectivity index (χ1n) is 4.56. The van der Waals surface area contributed by atoms with E-state index in [1.807, 2.05) is 0 Å². The molecule has 0 aromatic rings. The van der Waals surface area contributed by atoms with Crippen molar-refractivity contribution in [3.63, 3.8) is 0 Å². The van der Waals surface area contributed by atoms with Gasteiger partial charge in [0.25, 0.3) is 0 Å². The van der Waals surface area contributed by atoms with E-state index in [-0.39, 0.29) is 23.5 Å². The molecule has 4 nitrogen and oxygen atoms in total. The van der Waals surface area contributed by atoms with Gasteiger partial charge in [0, 0.05) is 13.1 Å². The molecule has 0 radical (unpaired) electrons. The van der Waals surface area contributed by atoms with Gasteiger partial charge in [-0.25, -0.2) is 8.42 Å². The fraction of sp³-hybridized carbons (Fsp3) is 0.667. The van der Waals surface area contributed by atoms with Crippen molar-refractivity contribution in [2.24, 2.45) is 0 Å². The zero-order valence-corrected chi connectivity index (χ0v) is 9.25. The van der Waals surface area contributed by atoms with Crippen molar-refractivity contribution in [1.29, 1.82) is 0 Å². The van der Waals surface area contributed by atoms with Gasteiger partial charge in [-0.2, -0.15) is 0 Å². The maximum Gasteiger partial charge on any atom is 0.246 e. The maximum atomic E-state index is 11.4. The summed E-state index contributed by atoms with van der Waals surface area (Å²) in [6.07, 6.45) is 3.66. The SMILES string of the molecule is CC=CC(=O)N(C)C1CCS(=O)(=O)C1. The van der Waals surface area contributed by atoms with Crippen molar-refractivity contribution in [3.05, 3.63) is 12.2 Å². The Morgan fingerprint density at radius 1 is 1.50 bits per heavy atom. The van der Waals surface area contributed by atoms with Crippen LogP contribution in [0.3, 0.4) is 0 Å². The zero-order valence-electron chi connectivity index (χ0n) is 8.43. The summed E-state index contributed by atoms with van der Waals surface area (Å²) in [4.78, 5) is 12.9. The van der Waals surface area contributed by atoms with Gasteiger partial charge in [-0.15, -0.1) is 0 Å².